The van der Waals surface area contributed by atoms with Gasteiger partial charge in [0.1, 0.15) is 0 Å². The zero-order valence-corrected chi connectivity index (χ0v) is 10.6. The molecule has 0 bridgehead atoms. The number of amides is 1. The molecule has 0 spiro atoms. The first kappa shape index (κ1) is 14.0. The molecule has 1 heterocycles. The molecule has 17 heavy (non-hydrogen) atoms. The molecule has 2 atom stereocenters. The first-order valence-corrected chi connectivity index (χ1v) is 6.31. The molecule has 2 N–H and O–H groups in total. The molecular weight excluding hydrogens is 220 g/mol. The fourth-order valence-corrected chi connectivity index (χ4v) is 2.02. The van der Waals surface area contributed by atoms with Gasteiger partial charge in [-0.1, -0.05) is 19.8 Å². The lowest BCUT2D eigenvalue weighted by Gasteiger charge is -2.23. The Balaban J connectivity index is 2.61. The number of carbonyl (C=O) groups is 2. The van der Waals surface area contributed by atoms with Crippen LogP contribution in [0, 0.1) is 5.92 Å². The molecule has 1 fully saturated rings. The van der Waals surface area contributed by atoms with E-state index in [1.54, 1.807) is 11.8 Å². The maximum Gasteiger partial charge on any atom is 0.309 e. The largest absolute Gasteiger partial charge is 0.481 e. The molecule has 98 valence electrons. The van der Waals surface area contributed by atoms with E-state index in [4.69, 9.17) is 5.11 Å². The van der Waals surface area contributed by atoms with Crippen LogP contribution in [0.5, 0.6) is 0 Å². The number of unbranched alkanes of at least 4 members (excludes halogenated alkanes) is 2. The van der Waals surface area contributed by atoms with Crippen LogP contribution in [0.4, 0.5) is 0 Å². The Morgan fingerprint density at radius 2 is 2.24 bits per heavy atom. The molecule has 1 rings (SSSR count). The van der Waals surface area contributed by atoms with Crippen molar-refractivity contribution in [3.63, 3.8) is 0 Å². The van der Waals surface area contributed by atoms with Crippen molar-refractivity contribution in [3.8, 4) is 0 Å². The summed E-state index contributed by atoms with van der Waals surface area (Å²) in [5.41, 5.74) is 0. The van der Waals surface area contributed by atoms with Crippen LogP contribution in [0.1, 0.15) is 33.1 Å². The summed E-state index contributed by atoms with van der Waals surface area (Å²) in [6, 6.07) is -0.277. The summed E-state index contributed by atoms with van der Waals surface area (Å²) in [4.78, 5) is 24.7. The maximum atomic E-state index is 12.0. The Morgan fingerprint density at radius 1 is 1.53 bits per heavy atom. The van der Waals surface area contributed by atoms with Gasteiger partial charge in [-0.3, -0.25) is 9.59 Å². The average molecular weight is 242 g/mol. The minimum atomic E-state index is -0.833. The monoisotopic (exact) mass is 242 g/mol. The summed E-state index contributed by atoms with van der Waals surface area (Å²) in [6.07, 6.45) is 3.11. The molecule has 0 aromatic rings. The van der Waals surface area contributed by atoms with E-state index < -0.39 is 11.9 Å². The second-order valence-corrected chi connectivity index (χ2v) is 4.66. The zero-order valence-electron chi connectivity index (χ0n) is 10.6. The van der Waals surface area contributed by atoms with Crippen LogP contribution >= 0.6 is 0 Å². The van der Waals surface area contributed by atoms with E-state index in [0.717, 1.165) is 19.3 Å². The van der Waals surface area contributed by atoms with E-state index >= 15 is 0 Å². The van der Waals surface area contributed by atoms with Gasteiger partial charge in [0.2, 0.25) is 5.91 Å². The highest BCUT2D eigenvalue weighted by atomic mass is 16.4. The summed E-state index contributed by atoms with van der Waals surface area (Å²) in [7, 11) is 0. The van der Waals surface area contributed by atoms with Crippen LogP contribution in [0.25, 0.3) is 0 Å². The predicted molar refractivity (Wildman–Crippen MR) is 64.7 cm³/mol. The third-order valence-electron chi connectivity index (χ3n) is 3.17. The first-order chi connectivity index (χ1) is 8.06. The van der Waals surface area contributed by atoms with Crippen molar-refractivity contribution >= 4 is 11.9 Å². The molecular formula is C12H22N2O3. The van der Waals surface area contributed by atoms with Gasteiger partial charge in [0.25, 0.3) is 0 Å². The van der Waals surface area contributed by atoms with Gasteiger partial charge in [0.15, 0.2) is 0 Å². The van der Waals surface area contributed by atoms with Crippen LogP contribution in [0.3, 0.4) is 0 Å². The van der Waals surface area contributed by atoms with Gasteiger partial charge in [0.05, 0.1) is 12.0 Å². The molecule has 5 heteroatoms. The van der Waals surface area contributed by atoms with Crippen molar-refractivity contribution in [2.24, 2.45) is 5.92 Å². The number of hydrogen-bond acceptors (Lipinski definition) is 3. The van der Waals surface area contributed by atoms with Gasteiger partial charge < -0.3 is 15.3 Å². The van der Waals surface area contributed by atoms with Crippen molar-refractivity contribution in [1.29, 1.82) is 0 Å². The summed E-state index contributed by atoms with van der Waals surface area (Å²) in [5, 5.41) is 12.0. The summed E-state index contributed by atoms with van der Waals surface area (Å²) >= 11 is 0. The Kier molecular flexibility index (Phi) is 5.41. The number of carbonyl (C=O) groups excluding carboxylic acids is 1. The first-order valence-electron chi connectivity index (χ1n) is 6.31. The van der Waals surface area contributed by atoms with E-state index in [9.17, 15) is 9.59 Å². The van der Waals surface area contributed by atoms with E-state index in [-0.39, 0.29) is 11.9 Å². The Morgan fingerprint density at radius 3 is 2.82 bits per heavy atom. The highest BCUT2D eigenvalue weighted by molar-refractivity contribution is 5.83. The number of carboxylic acids is 1. The quantitative estimate of drug-likeness (QED) is 0.696. The van der Waals surface area contributed by atoms with Gasteiger partial charge in [-0.25, -0.2) is 0 Å². The molecule has 0 aliphatic carbocycles. The molecule has 0 saturated carbocycles. The Bertz CT molecular complexity index is 281. The molecule has 2 unspecified atom stereocenters. The molecule has 1 aliphatic rings. The van der Waals surface area contributed by atoms with E-state index in [1.165, 1.54) is 0 Å². The second-order valence-electron chi connectivity index (χ2n) is 4.66. The number of nitrogens with zero attached hydrogens (tertiary/aromatic N) is 1. The van der Waals surface area contributed by atoms with Crippen LogP contribution in [-0.4, -0.2) is 47.6 Å². The minimum Gasteiger partial charge on any atom is -0.481 e. The zero-order chi connectivity index (χ0) is 12.8. The van der Waals surface area contributed by atoms with Crippen molar-refractivity contribution < 1.29 is 14.7 Å². The van der Waals surface area contributed by atoms with Gasteiger partial charge in [0, 0.05) is 19.6 Å². The molecule has 0 radical (unpaired) electrons. The molecule has 0 aromatic heterocycles. The lowest BCUT2D eigenvalue weighted by molar-refractivity contribution is -0.142. The summed E-state index contributed by atoms with van der Waals surface area (Å²) in [6.45, 7) is 5.26. The van der Waals surface area contributed by atoms with Crippen LogP contribution in [-0.2, 0) is 9.59 Å². The van der Waals surface area contributed by atoms with E-state index in [2.05, 4.69) is 12.2 Å². The third kappa shape index (κ3) is 4.00. The van der Waals surface area contributed by atoms with Crippen LogP contribution < -0.4 is 5.32 Å². The lowest BCUT2D eigenvalue weighted by atomic mass is 10.1. The molecule has 1 saturated heterocycles. The molecule has 1 amide bonds. The number of nitrogens with one attached hydrogen (secondary N) is 1. The number of carboxylic acid groups (broad SMARTS) is 1. The van der Waals surface area contributed by atoms with Crippen molar-refractivity contribution in [2.45, 2.75) is 39.2 Å². The van der Waals surface area contributed by atoms with Gasteiger partial charge in [-0.05, 0) is 13.3 Å². The fraction of sp³-hybridized carbons (Fsp3) is 0.833. The Hall–Kier alpha value is -1.10. The van der Waals surface area contributed by atoms with Crippen molar-refractivity contribution in [2.75, 3.05) is 19.6 Å². The van der Waals surface area contributed by atoms with Gasteiger partial charge in [-0.2, -0.15) is 0 Å². The predicted octanol–water partition coefficient (Wildman–Crippen LogP) is 0.698. The standard InChI is InChI=1S/C12H22N2O3/c1-3-4-5-6-14-8-10(12(16)17)7-13-9(2)11(14)15/h9-10,13H,3-8H2,1-2H3,(H,16,17). The summed E-state index contributed by atoms with van der Waals surface area (Å²) in [5.74, 6) is -1.31. The average Bonchev–Trinajstić information content (AvgIpc) is 2.42. The number of hydrogen-bond donors (Lipinski definition) is 2. The maximum absolute atomic E-state index is 12.0. The highest BCUT2D eigenvalue weighted by Gasteiger charge is 2.30. The minimum absolute atomic E-state index is 0.0184. The van der Waals surface area contributed by atoms with Gasteiger partial charge >= 0.3 is 5.97 Å². The smallest absolute Gasteiger partial charge is 0.309 e. The van der Waals surface area contributed by atoms with E-state index in [1.807, 2.05) is 0 Å². The second kappa shape index (κ2) is 6.59. The number of aliphatic carboxylic acids is 1. The highest BCUT2D eigenvalue weighted by Crippen LogP contribution is 2.10. The summed E-state index contributed by atoms with van der Waals surface area (Å²) < 4.78 is 0. The lowest BCUT2D eigenvalue weighted by Crippen LogP contribution is -2.42. The molecule has 1 aliphatic heterocycles. The van der Waals surface area contributed by atoms with Gasteiger partial charge in [-0.15, -0.1) is 0 Å². The SMILES string of the molecule is CCCCCN1CC(C(=O)O)CNC(C)C1=O. The normalized spacial score (nSPS) is 25.8. The number of rotatable bonds is 5. The van der Waals surface area contributed by atoms with Crippen LogP contribution in [0.2, 0.25) is 0 Å². The fourth-order valence-electron chi connectivity index (χ4n) is 2.02. The Labute approximate surface area is 102 Å². The topological polar surface area (TPSA) is 69.6 Å². The van der Waals surface area contributed by atoms with Crippen LogP contribution in [0.15, 0.2) is 0 Å². The molecule has 5 nitrogen and oxygen atoms in total. The third-order valence-corrected chi connectivity index (χ3v) is 3.17. The van der Waals surface area contributed by atoms with Crippen molar-refractivity contribution in [3.05, 3.63) is 0 Å². The van der Waals surface area contributed by atoms with Crippen molar-refractivity contribution in [1.82, 2.24) is 10.2 Å². The molecule has 0 aromatic carbocycles. The van der Waals surface area contributed by atoms with E-state index in [0.29, 0.717) is 19.6 Å².